The first-order valence-corrected chi connectivity index (χ1v) is 14.1. The standard InChI is InChI=1S/C24H36O7S.C2H6/c1-18-11-13-22(14-12-18)32(26,27)29-17-21(31-24-10-6-7-15-28-24)16-20-8-4-3-5-9-23(20)30-19(2)25;1-2/h11-14,20-21,23-24H,3-10,15-17H2,1-2H3;1-2H3/t20-,21?,23+,24?;/m0./s1. The molecule has 2 unspecified atom stereocenters. The third-order valence-corrected chi connectivity index (χ3v) is 7.47. The summed E-state index contributed by atoms with van der Waals surface area (Å²) in [5.41, 5.74) is 0.976. The van der Waals surface area contributed by atoms with Crippen LogP contribution in [-0.4, -0.2) is 46.1 Å². The molecule has 4 atom stereocenters. The monoisotopic (exact) mass is 498 g/mol. The van der Waals surface area contributed by atoms with Crippen molar-refractivity contribution in [1.29, 1.82) is 0 Å². The molecule has 1 aromatic rings. The van der Waals surface area contributed by atoms with E-state index >= 15 is 0 Å². The van der Waals surface area contributed by atoms with Crippen molar-refractivity contribution in [3.05, 3.63) is 29.8 Å². The van der Waals surface area contributed by atoms with Gasteiger partial charge < -0.3 is 14.2 Å². The molecule has 1 aliphatic carbocycles. The van der Waals surface area contributed by atoms with E-state index in [1.54, 1.807) is 24.3 Å². The number of carbonyl (C=O) groups excluding carboxylic acids is 1. The lowest BCUT2D eigenvalue weighted by molar-refractivity contribution is -0.198. The summed E-state index contributed by atoms with van der Waals surface area (Å²) < 4.78 is 48.4. The van der Waals surface area contributed by atoms with Gasteiger partial charge in [0.25, 0.3) is 10.1 Å². The second-order valence-corrected chi connectivity index (χ2v) is 10.5. The Morgan fingerprint density at radius 3 is 2.35 bits per heavy atom. The highest BCUT2D eigenvalue weighted by Crippen LogP contribution is 2.31. The molecule has 1 saturated heterocycles. The fraction of sp³-hybridized carbons (Fsp3) is 0.731. The Morgan fingerprint density at radius 2 is 1.71 bits per heavy atom. The summed E-state index contributed by atoms with van der Waals surface area (Å²) in [6, 6.07) is 6.59. The summed E-state index contributed by atoms with van der Waals surface area (Å²) in [5.74, 6) is -0.186. The lowest BCUT2D eigenvalue weighted by Gasteiger charge is -2.32. The van der Waals surface area contributed by atoms with Crippen molar-refractivity contribution in [2.75, 3.05) is 13.2 Å². The second kappa shape index (κ2) is 14.8. The topological polar surface area (TPSA) is 88.1 Å². The summed E-state index contributed by atoms with van der Waals surface area (Å²) in [6.07, 6.45) is 7.23. The number of hydrogen-bond acceptors (Lipinski definition) is 7. The first-order valence-electron chi connectivity index (χ1n) is 12.7. The van der Waals surface area contributed by atoms with Crippen LogP contribution in [0.1, 0.15) is 84.1 Å². The van der Waals surface area contributed by atoms with Gasteiger partial charge in [-0.3, -0.25) is 8.98 Å². The molecule has 1 saturated carbocycles. The third kappa shape index (κ3) is 9.64. The predicted molar refractivity (Wildman–Crippen MR) is 131 cm³/mol. The molecule has 8 heteroatoms. The zero-order valence-electron chi connectivity index (χ0n) is 21.2. The molecule has 1 heterocycles. The highest BCUT2D eigenvalue weighted by Gasteiger charge is 2.32. The molecule has 34 heavy (non-hydrogen) atoms. The SMILES string of the molecule is CC.CC(=O)O[C@@H]1CCCCC[C@H]1CC(COS(=O)(=O)c1ccc(C)cc1)OC1CCCCO1. The normalized spacial score (nSPS) is 24.3. The quantitative estimate of drug-likeness (QED) is 0.251. The van der Waals surface area contributed by atoms with Crippen molar-refractivity contribution in [3.8, 4) is 0 Å². The number of carbonyl (C=O) groups is 1. The minimum Gasteiger partial charge on any atom is -0.462 e. The molecule has 2 aliphatic rings. The van der Waals surface area contributed by atoms with E-state index in [-0.39, 0.29) is 35.8 Å². The fourth-order valence-electron chi connectivity index (χ4n) is 4.46. The van der Waals surface area contributed by atoms with Crippen LogP contribution in [0.5, 0.6) is 0 Å². The van der Waals surface area contributed by atoms with Crippen LogP contribution in [0.25, 0.3) is 0 Å². The minimum atomic E-state index is -3.90. The Labute approximate surface area is 205 Å². The van der Waals surface area contributed by atoms with Gasteiger partial charge in [-0.2, -0.15) is 8.42 Å². The predicted octanol–water partition coefficient (Wildman–Crippen LogP) is 5.54. The molecule has 0 radical (unpaired) electrons. The van der Waals surface area contributed by atoms with Gasteiger partial charge in [0.05, 0.1) is 17.6 Å². The smallest absolute Gasteiger partial charge is 0.302 e. The van der Waals surface area contributed by atoms with Crippen LogP contribution in [0.3, 0.4) is 0 Å². The molecule has 0 spiro atoms. The maximum atomic E-state index is 12.7. The van der Waals surface area contributed by atoms with Gasteiger partial charge in [-0.05, 0) is 69.9 Å². The summed E-state index contributed by atoms with van der Waals surface area (Å²) in [4.78, 5) is 11.8. The van der Waals surface area contributed by atoms with Gasteiger partial charge in [-0.15, -0.1) is 0 Å². The van der Waals surface area contributed by atoms with E-state index in [1.165, 1.54) is 6.92 Å². The Bertz CT molecular complexity index is 816. The van der Waals surface area contributed by atoms with E-state index in [4.69, 9.17) is 18.4 Å². The zero-order chi connectivity index (χ0) is 25.0. The summed E-state index contributed by atoms with van der Waals surface area (Å²) in [5, 5.41) is 0. The Morgan fingerprint density at radius 1 is 1.03 bits per heavy atom. The Balaban J connectivity index is 0.00000199. The molecule has 0 amide bonds. The highest BCUT2D eigenvalue weighted by atomic mass is 32.2. The second-order valence-electron chi connectivity index (χ2n) is 8.89. The molecule has 194 valence electrons. The molecular weight excluding hydrogens is 456 g/mol. The van der Waals surface area contributed by atoms with Gasteiger partial charge >= 0.3 is 5.97 Å². The highest BCUT2D eigenvalue weighted by molar-refractivity contribution is 7.86. The Kier molecular flexibility index (Phi) is 12.5. The van der Waals surface area contributed by atoms with Crippen molar-refractivity contribution in [3.63, 3.8) is 0 Å². The maximum absolute atomic E-state index is 12.7. The van der Waals surface area contributed by atoms with Gasteiger partial charge in [-0.1, -0.05) is 44.4 Å². The summed E-state index contributed by atoms with van der Waals surface area (Å²) in [7, 11) is -3.90. The number of ether oxygens (including phenoxy) is 3. The molecule has 1 aliphatic heterocycles. The lowest BCUT2D eigenvalue weighted by atomic mass is 9.91. The zero-order valence-corrected chi connectivity index (χ0v) is 22.0. The number of benzene rings is 1. The molecule has 1 aromatic carbocycles. The van der Waals surface area contributed by atoms with Crippen LogP contribution in [0.2, 0.25) is 0 Å². The van der Waals surface area contributed by atoms with Crippen LogP contribution in [-0.2, 0) is 33.3 Å². The number of esters is 1. The van der Waals surface area contributed by atoms with E-state index in [0.29, 0.717) is 13.0 Å². The van der Waals surface area contributed by atoms with E-state index in [9.17, 15) is 13.2 Å². The van der Waals surface area contributed by atoms with Crippen molar-refractivity contribution in [2.45, 2.75) is 109 Å². The van der Waals surface area contributed by atoms with Crippen LogP contribution in [0.4, 0.5) is 0 Å². The van der Waals surface area contributed by atoms with Crippen molar-refractivity contribution < 1.29 is 31.6 Å². The van der Waals surface area contributed by atoms with Gasteiger partial charge in [0.15, 0.2) is 6.29 Å². The summed E-state index contributed by atoms with van der Waals surface area (Å²) >= 11 is 0. The molecule has 0 bridgehead atoms. The molecule has 0 N–H and O–H groups in total. The van der Waals surface area contributed by atoms with Crippen molar-refractivity contribution >= 4 is 16.1 Å². The Hall–Kier alpha value is -1.48. The molecule has 3 rings (SSSR count). The van der Waals surface area contributed by atoms with E-state index in [0.717, 1.165) is 56.9 Å². The van der Waals surface area contributed by atoms with Crippen LogP contribution in [0, 0.1) is 12.8 Å². The number of rotatable bonds is 9. The van der Waals surface area contributed by atoms with E-state index in [1.807, 2.05) is 20.8 Å². The molecule has 0 aromatic heterocycles. The average Bonchev–Trinajstić information content (AvgIpc) is 3.04. The first-order chi connectivity index (χ1) is 16.3. The van der Waals surface area contributed by atoms with Crippen LogP contribution in [0.15, 0.2) is 29.2 Å². The molecule has 7 nitrogen and oxygen atoms in total. The van der Waals surface area contributed by atoms with Gasteiger partial charge in [0, 0.05) is 13.5 Å². The van der Waals surface area contributed by atoms with Crippen molar-refractivity contribution in [1.82, 2.24) is 0 Å². The summed E-state index contributed by atoms with van der Waals surface area (Å²) in [6.45, 7) is 7.87. The number of aryl methyl sites for hydroxylation is 1. The fourth-order valence-corrected chi connectivity index (χ4v) is 5.40. The van der Waals surface area contributed by atoms with Gasteiger partial charge in [0.1, 0.15) is 6.10 Å². The van der Waals surface area contributed by atoms with E-state index in [2.05, 4.69) is 0 Å². The number of hydrogen-bond donors (Lipinski definition) is 0. The van der Waals surface area contributed by atoms with E-state index < -0.39 is 16.2 Å². The van der Waals surface area contributed by atoms with Gasteiger partial charge in [0.2, 0.25) is 0 Å². The minimum absolute atomic E-state index is 0.0978. The molecular formula is C26H42O7S. The average molecular weight is 499 g/mol. The largest absolute Gasteiger partial charge is 0.462 e. The van der Waals surface area contributed by atoms with Crippen LogP contribution >= 0.6 is 0 Å². The first kappa shape index (κ1) is 28.8. The van der Waals surface area contributed by atoms with Gasteiger partial charge in [-0.25, -0.2) is 0 Å². The third-order valence-electron chi connectivity index (χ3n) is 6.17. The lowest BCUT2D eigenvalue weighted by Crippen LogP contribution is -2.35. The molecule has 2 fully saturated rings. The van der Waals surface area contributed by atoms with Crippen molar-refractivity contribution in [2.24, 2.45) is 5.92 Å². The van der Waals surface area contributed by atoms with Crippen LogP contribution < -0.4 is 0 Å². The maximum Gasteiger partial charge on any atom is 0.302 e.